The molecule has 0 aromatic carbocycles. The first-order chi connectivity index (χ1) is 8.24. The highest BCUT2D eigenvalue weighted by Crippen LogP contribution is 2.32. The number of nitrogens with zero attached hydrogens (tertiary/aromatic N) is 2. The summed E-state index contributed by atoms with van der Waals surface area (Å²) in [6.07, 6.45) is 11.1. The van der Waals surface area contributed by atoms with Crippen molar-refractivity contribution >= 4 is 21.6 Å². The largest absolute Gasteiger partial charge is 0.306 e. The van der Waals surface area contributed by atoms with Gasteiger partial charge in [-0.15, -0.1) is 0 Å². The molecule has 0 radical (unpaired) electrons. The monoisotopic (exact) mass is 292 g/mol. The predicted octanol–water partition coefficient (Wildman–Crippen LogP) is 4.45. The van der Waals surface area contributed by atoms with Gasteiger partial charge in [0.2, 0.25) is 0 Å². The summed E-state index contributed by atoms with van der Waals surface area (Å²) in [5.41, 5.74) is 3.60. The van der Waals surface area contributed by atoms with Crippen LogP contribution in [0.1, 0.15) is 49.3 Å². The Morgan fingerprint density at radius 1 is 1.24 bits per heavy atom. The SMILES string of the molecule is Cc1cc2nc(C3CCCCC3)cn2cc1Br. The van der Waals surface area contributed by atoms with Crippen LogP contribution in [0.3, 0.4) is 0 Å². The van der Waals surface area contributed by atoms with E-state index in [-0.39, 0.29) is 0 Å². The van der Waals surface area contributed by atoms with E-state index in [1.807, 2.05) is 0 Å². The molecule has 0 atom stereocenters. The zero-order chi connectivity index (χ0) is 11.8. The average molecular weight is 293 g/mol. The molecule has 17 heavy (non-hydrogen) atoms. The minimum atomic E-state index is 0.683. The van der Waals surface area contributed by atoms with Crippen LogP contribution >= 0.6 is 15.9 Å². The second-order valence-corrected chi connectivity index (χ2v) is 5.92. The van der Waals surface area contributed by atoms with Gasteiger partial charge in [0.15, 0.2) is 0 Å². The van der Waals surface area contributed by atoms with Gasteiger partial charge in [0.25, 0.3) is 0 Å². The molecule has 2 heterocycles. The molecule has 2 aromatic heterocycles. The fourth-order valence-electron chi connectivity index (χ4n) is 2.72. The van der Waals surface area contributed by atoms with Crippen LogP contribution in [0.5, 0.6) is 0 Å². The molecule has 0 unspecified atom stereocenters. The molecule has 1 fully saturated rings. The Balaban J connectivity index is 2.00. The molecule has 1 aliphatic rings. The quantitative estimate of drug-likeness (QED) is 0.759. The summed E-state index contributed by atoms with van der Waals surface area (Å²) in [4.78, 5) is 4.78. The molecule has 0 aliphatic heterocycles. The zero-order valence-corrected chi connectivity index (χ0v) is 11.7. The van der Waals surface area contributed by atoms with E-state index in [4.69, 9.17) is 4.98 Å². The molecule has 0 saturated heterocycles. The number of aromatic nitrogens is 2. The Morgan fingerprint density at radius 3 is 2.76 bits per heavy atom. The number of hydrogen-bond donors (Lipinski definition) is 0. The maximum absolute atomic E-state index is 4.78. The third-order valence-corrected chi connectivity index (χ3v) is 4.61. The number of halogens is 1. The molecule has 1 saturated carbocycles. The molecule has 3 heteroatoms. The lowest BCUT2D eigenvalue weighted by molar-refractivity contribution is 0.438. The minimum Gasteiger partial charge on any atom is -0.306 e. The standard InChI is InChI=1S/C14H17BrN2/c1-10-7-14-16-13(9-17(14)8-12(10)15)11-5-3-2-4-6-11/h7-9,11H,2-6H2,1H3. The fraction of sp³-hybridized carbons (Fsp3) is 0.500. The summed E-state index contributed by atoms with van der Waals surface area (Å²) in [5.74, 6) is 0.683. The molecular formula is C14H17BrN2. The van der Waals surface area contributed by atoms with Gasteiger partial charge in [-0.05, 0) is 47.3 Å². The number of aryl methyl sites for hydroxylation is 1. The minimum absolute atomic E-state index is 0.683. The first kappa shape index (κ1) is 11.3. The molecule has 1 aliphatic carbocycles. The Bertz CT molecular complexity index is 499. The molecule has 0 bridgehead atoms. The fourth-order valence-corrected chi connectivity index (χ4v) is 3.05. The van der Waals surface area contributed by atoms with Crippen LogP contribution in [0.15, 0.2) is 22.9 Å². The summed E-state index contributed by atoms with van der Waals surface area (Å²) >= 11 is 3.57. The van der Waals surface area contributed by atoms with Gasteiger partial charge in [-0.2, -0.15) is 0 Å². The van der Waals surface area contributed by atoms with Crippen molar-refractivity contribution in [2.24, 2.45) is 0 Å². The van der Waals surface area contributed by atoms with E-state index in [1.54, 1.807) is 0 Å². The van der Waals surface area contributed by atoms with Gasteiger partial charge < -0.3 is 4.40 Å². The lowest BCUT2D eigenvalue weighted by Gasteiger charge is -2.19. The summed E-state index contributed by atoms with van der Waals surface area (Å²) in [7, 11) is 0. The highest BCUT2D eigenvalue weighted by Gasteiger charge is 2.18. The maximum atomic E-state index is 4.78. The van der Waals surface area contributed by atoms with Gasteiger partial charge in [0, 0.05) is 22.8 Å². The van der Waals surface area contributed by atoms with Crippen LogP contribution in [0, 0.1) is 6.92 Å². The molecule has 2 aromatic rings. The van der Waals surface area contributed by atoms with Crippen molar-refractivity contribution < 1.29 is 0 Å². The van der Waals surface area contributed by atoms with E-state index in [1.165, 1.54) is 43.4 Å². The Hall–Kier alpha value is -0.830. The summed E-state index contributed by atoms with van der Waals surface area (Å²) in [6.45, 7) is 2.11. The second kappa shape index (κ2) is 4.45. The number of pyridine rings is 1. The van der Waals surface area contributed by atoms with E-state index in [0.717, 1.165) is 10.1 Å². The molecule has 0 spiro atoms. The van der Waals surface area contributed by atoms with E-state index >= 15 is 0 Å². The molecule has 90 valence electrons. The molecule has 2 nitrogen and oxygen atoms in total. The van der Waals surface area contributed by atoms with Gasteiger partial charge >= 0.3 is 0 Å². The van der Waals surface area contributed by atoms with Crippen LogP contribution < -0.4 is 0 Å². The molecular weight excluding hydrogens is 276 g/mol. The van der Waals surface area contributed by atoms with E-state index in [2.05, 4.69) is 45.7 Å². The van der Waals surface area contributed by atoms with Gasteiger partial charge in [0.05, 0.1) is 5.69 Å². The Labute approximate surface area is 110 Å². The van der Waals surface area contributed by atoms with Gasteiger partial charge in [-0.25, -0.2) is 4.98 Å². The summed E-state index contributed by atoms with van der Waals surface area (Å²) in [6, 6.07) is 2.15. The van der Waals surface area contributed by atoms with Crippen molar-refractivity contribution in [1.82, 2.24) is 9.38 Å². The third-order valence-electron chi connectivity index (χ3n) is 3.78. The molecule has 3 rings (SSSR count). The summed E-state index contributed by atoms with van der Waals surface area (Å²) in [5, 5.41) is 0. The first-order valence-electron chi connectivity index (χ1n) is 6.39. The zero-order valence-electron chi connectivity index (χ0n) is 10.1. The molecule has 0 amide bonds. The lowest BCUT2D eigenvalue weighted by atomic mass is 9.87. The Kier molecular flexibility index (Phi) is 2.95. The second-order valence-electron chi connectivity index (χ2n) is 5.07. The Morgan fingerprint density at radius 2 is 2.00 bits per heavy atom. The molecule has 0 N–H and O–H groups in total. The maximum Gasteiger partial charge on any atom is 0.137 e. The van der Waals surface area contributed by atoms with E-state index in [9.17, 15) is 0 Å². The smallest absolute Gasteiger partial charge is 0.137 e. The first-order valence-corrected chi connectivity index (χ1v) is 7.18. The van der Waals surface area contributed by atoms with Crippen LogP contribution in [-0.4, -0.2) is 9.38 Å². The van der Waals surface area contributed by atoms with Crippen molar-refractivity contribution in [2.75, 3.05) is 0 Å². The van der Waals surface area contributed by atoms with Gasteiger partial charge in [-0.3, -0.25) is 0 Å². The highest BCUT2D eigenvalue weighted by molar-refractivity contribution is 9.10. The van der Waals surface area contributed by atoms with Crippen LogP contribution in [-0.2, 0) is 0 Å². The predicted molar refractivity (Wildman–Crippen MR) is 73.5 cm³/mol. The van der Waals surface area contributed by atoms with Crippen molar-refractivity contribution in [2.45, 2.75) is 44.9 Å². The average Bonchev–Trinajstić information content (AvgIpc) is 2.74. The van der Waals surface area contributed by atoms with Crippen molar-refractivity contribution in [3.8, 4) is 0 Å². The van der Waals surface area contributed by atoms with Crippen molar-refractivity contribution in [3.05, 3.63) is 34.2 Å². The van der Waals surface area contributed by atoms with Crippen LogP contribution in [0.25, 0.3) is 5.65 Å². The van der Waals surface area contributed by atoms with Gasteiger partial charge in [0.1, 0.15) is 5.65 Å². The number of fused-ring (bicyclic) bond motifs is 1. The van der Waals surface area contributed by atoms with Gasteiger partial charge in [-0.1, -0.05) is 19.3 Å². The normalized spacial score (nSPS) is 17.8. The number of imidazole rings is 1. The topological polar surface area (TPSA) is 17.3 Å². The van der Waals surface area contributed by atoms with E-state index < -0.39 is 0 Å². The highest BCUT2D eigenvalue weighted by atomic mass is 79.9. The van der Waals surface area contributed by atoms with Crippen molar-refractivity contribution in [1.29, 1.82) is 0 Å². The summed E-state index contributed by atoms with van der Waals surface area (Å²) < 4.78 is 3.29. The van der Waals surface area contributed by atoms with E-state index in [0.29, 0.717) is 5.92 Å². The van der Waals surface area contributed by atoms with Crippen LogP contribution in [0.2, 0.25) is 0 Å². The lowest BCUT2D eigenvalue weighted by Crippen LogP contribution is -2.04. The number of rotatable bonds is 1. The third kappa shape index (κ3) is 2.13. The van der Waals surface area contributed by atoms with Crippen LogP contribution in [0.4, 0.5) is 0 Å². The van der Waals surface area contributed by atoms with Crippen molar-refractivity contribution in [3.63, 3.8) is 0 Å². The number of hydrogen-bond acceptors (Lipinski definition) is 1.